The van der Waals surface area contributed by atoms with E-state index in [0.29, 0.717) is 11.1 Å². The summed E-state index contributed by atoms with van der Waals surface area (Å²) in [5.41, 5.74) is 6.33. The molecular weight excluding hydrogens is 398 g/mol. The lowest BCUT2D eigenvalue weighted by molar-refractivity contribution is 0.111. The van der Waals surface area contributed by atoms with E-state index in [9.17, 15) is 9.59 Å². The van der Waals surface area contributed by atoms with Crippen molar-refractivity contribution in [2.75, 3.05) is 7.11 Å². The molecule has 0 heterocycles. The molecule has 0 aliphatic rings. The van der Waals surface area contributed by atoms with Gasteiger partial charge in [0, 0.05) is 59.7 Å². The molecule has 4 heteroatoms. The van der Waals surface area contributed by atoms with E-state index in [0.717, 1.165) is 46.6 Å². The molecule has 0 unspecified atom stereocenters. The Bertz CT molecular complexity index is 1160. The summed E-state index contributed by atoms with van der Waals surface area (Å²) in [6.45, 7) is 2.06. The number of nitrogens with zero attached hydrogens (tertiary/aromatic N) is 1. The van der Waals surface area contributed by atoms with E-state index in [1.54, 1.807) is 7.11 Å². The van der Waals surface area contributed by atoms with Crippen molar-refractivity contribution in [2.45, 2.75) is 6.92 Å². The van der Waals surface area contributed by atoms with Crippen LogP contribution in [0.3, 0.4) is 0 Å². The van der Waals surface area contributed by atoms with E-state index < -0.39 is 0 Å². The Labute approximate surface area is 187 Å². The van der Waals surface area contributed by atoms with E-state index in [1.165, 1.54) is 0 Å². The Kier molecular flexibility index (Phi) is 5.97. The highest BCUT2D eigenvalue weighted by Gasteiger charge is 2.39. The summed E-state index contributed by atoms with van der Waals surface area (Å²) < 4.78 is 5.67. The lowest BCUT2D eigenvalue weighted by Gasteiger charge is -2.37. The third-order valence-electron chi connectivity index (χ3n) is 5.71. The average Bonchev–Trinajstić information content (AvgIpc) is 2.86. The van der Waals surface area contributed by atoms with Gasteiger partial charge in [-0.15, -0.1) is 0 Å². The molecule has 0 atom stereocenters. The predicted octanol–water partition coefficient (Wildman–Crippen LogP) is 6.93. The lowest BCUT2D eigenvalue weighted by atomic mass is 10.0. The summed E-state index contributed by atoms with van der Waals surface area (Å²) in [5.74, 6) is 0.767. The number of hydrogen-bond acceptors (Lipinski definition) is 3. The molecular formula is C28H24NO3+. The zero-order valence-corrected chi connectivity index (χ0v) is 18.1. The van der Waals surface area contributed by atoms with Gasteiger partial charge in [-0.2, -0.15) is 4.48 Å². The summed E-state index contributed by atoms with van der Waals surface area (Å²) in [5, 5.41) is 0. The molecule has 0 bridgehead atoms. The first-order valence-corrected chi connectivity index (χ1v) is 10.3. The molecule has 0 fully saturated rings. The van der Waals surface area contributed by atoms with Crippen LogP contribution in [0, 0.1) is 6.92 Å². The van der Waals surface area contributed by atoms with Gasteiger partial charge in [-0.25, -0.2) is 0 Å². The number of carbonyl (C=O) groups excluding carboxylic acids is 2. The Morgan fingerprint density at radius 3 is 1.25 bits per heavy atom. The Hall–Kier alpha value is -4.02. The van der Waals surface area contributed by atoms with Gasteiger partial charge in [0.1, 0.15) is 41.1 Å². The molecule has 0 spiro atoms. The van der Waals surface area contributed by atoms with Crippen molar-refractivity contribution in [1.82, 2.24) is 4.48 Å². The Morgan fingerprint density at radius 2 is 0.906 bits per heavy atom. The second-order valence-electron chi connectivity index (χ2n) is 7.62. The van der Waals surface area contributed by atoms with Crippen molar-refractivity contribution in [3.05, 3.63) is 114 Å². The van der Waals surface area contributed by atoms with Crippen LogP contribution in [-0.2, 0) is 0 Å². The summed E-state index contributed by atoms with van der Waals surface area (Å²) in [7, 11) is 1.65. The number of benzene rings is 4. The van der Waals surface area contributed by atoms with Crippen LogP contribution in [0.15, 0.2) is 97.1 Å². The molecule has 0 radical (unpaired) electrons. The number of ether oxygens (including phenoxy) is 1. The highest BCUT2D eigenvalue weighted by atomic mass is 16.5. The fourth-order valence-electron chi connectivity index (χ4n) is 4.02. The van der Waals surface area contributed by atoms with Gasteiger partial charge in [-0.3, -0.25) is 9.59 Å². The van der Waals surface area contributed by atoms with Crippen LogP contribution in [0.4, 0.5) is 22.7 Å². The number of aldehydes is 2. The number of quaternary nitrogens is 1. The molecule has 4 nitrogen and oxygen atoms in total. The minimum atomic E-state index is 0.280. The summed E-state index contributed by atoms with van der Waals surface area (Å²) >= 11 is 0. The largest absolute Gasteiger partial charge is 0.497 e. The molecule has 158 valence electrons. The number of aryl methyl sites for hydroxylation is 1. The number of carbonyl (C=O) groups is 2. The highest BCUT2D eigenvalue weighted by Crippen LogP contribution is 2.51. The van der Waals surface area contributed by atoms with Gasteiger partial charge in [0.25, 0.3) is 0 Å². The van der Waals surface area contributed by atoms with Gasteiger partial charge >= 0.3 is 0 Å². The van der Waals surface area contributed by atoms with Crippen LogP contribution >= 0.6 is 0 Å². The SMILES string of the molecule is COc1ccc([N+](c2ccc(C)cc2)(c2ccc(C=O)cc2)c2ccc(C=O)cc2)cc1. The average molecular weight is 423 g/mol. The molecule has 4 rings (SSSR count). The van der Waals surface area contributed by atoms with Crippen molar-refractivity contribution >= 4 is 35.3 Å². The van der Waals surface area contributed by atoms with E-state index in [1.807, 2.05) is 72.8 Å². The van der Waals surface area contributed by atoms with E-state index in [2.05, 4.69) is 31.2 Å². The van der Waals surface area contributed by atoms with Gasteiger partial charge in [0.05, 0.1) is 7.11 Å². The molecule has 0 amide bonds. The third kappa shape index (κ3) is 3.72. The molecule has 4 aromatic rings. The maximum Gasteiger partial charge on any atom is 0.150 e. The zero-order valence-electron chi connectivity index (χ0n) is 18.1. The smallest absolute Gasteiger partial charge is 0.150 e. The van der Waals surface area contributed by atoms with Crippen LogP contribution in [0.2, 0.25) is 0 Å². The first kappa shape index (κ1) is 21.2. The van der Waals surface area contributed by atoms with Crippen LogP contribution in [-0.4, -0.2) is 19.7 Å². The number of methoxy groups -OCH3 is 1. The first-order chi connectivity index (χ1) is 15.6. The Morgan fingerprint density at radius 1 is 0.562 bits per heavy atom. The van der Waals surface area contributed by atoms with Crippen molar-refractivity contribution in [1.29, 1.82) is 0 Å². The summed E-state index contributed by atoms with van der Waals surface area (Å²) in [6, 6.07) is 31.6. The van der Waals surface area contributed by atoms with Crippen LogP contribution < -0.4 is 9.22 Å². The fraction of sp³-hybridized carbons (Fsp3) is 0.0714. The standard InChI is InChI=1S/C28H24NO3/c1-21-3-9-24(10-4-21)29(25-11-5-22(19-30)6-12-25,26-13-7-23(20-31)8-14-26)27-15-17-28(32-2)18-16-27/h3-20H,1-2H3/q+1. The molecule has 0 N–H and O–H groups in total. The van der Waals surface area contributed by atoms with Crippen LogP contribution in [0.1, 0.15) is 26.3 Å². The predicted molar refractivity (Wildman–Crippen MR) is 129 cm³/mol. The molecule has 32 heavy (non-hydrogen) atoms. The Balaban J connectivity index is 2.08. The van der Waals surface area contributed by atoms with Gasteiger partial charge < -0.3 is 4.74 Å². The van der Waals surface area contributed by atoms with Gasteiger partial charge in [0.2, 0.25) is 0 Å². The van der Waals surface area contributed by atoms with E-state index >= 15 is 0 Å². The third-order valence-corrected chi connectivity index (χ3v) is 5.71. The molecule has 4 aromatic carbocycles. The molecule has 0 aliphatic carbocycles. The van der Waals surface area contributed by atoms with Crippen molar-refractivity contribution in [2.24, 2.45) is 0 Å². The first-order valence-electron chi connectivity index (χ1n) is 10.3. The highest BCUT2D eigenvalue weighted by molar-refractivity contribution is 5.85. The van der Waals surface area contributed by atoms with Gasteiger partial charge in [0.15, 0.2) is 0 Å². The minimum absolute atomic E-state index is 0.280. The zero-order chi connectivity index (χ0) is 22.6. The number of hydrogen-bond donors (Lipinski definition) is 0. The van der Waals surface area contributed by atoms with E-state index in [-0.39, 0.29) is 4.48 Å². The van der Waals surface area contributed by atoms with Crippen molar-refractivity contribution < 1.29 is 14.3 Å². The maximum atomic E-state index is 11.3. The van der Waals surface area contributed by atoms with Crippen LogP contribution in [0.25, 0.3) is 0 Å². The molecule has 0 saturated heterocycles. The van der Waals surface area contributed by atoms with Gasteiger partial charge in [-0.1, -0.05) is 17.7 Å². The topological polar surface area (TPSA) is 43.4 Å². The number of rotatable bonds is 7. The molecule has 0 saturated carbocycles. The van der Waals surface area contributed by atoms with Gasteiger partial charge in [-0.05, 0) is 43.3 Å². The van der Waals surface area contributed by atoms with Crippen molar-refractivity contribution in [3.8, 4) is 5.75 Å². The maximum absolute atomic E-state index is 11.3. The summed E-state index contributed by atoms with van der Waals surface area (Å²) in [4.78, 5) is 22.6. The fourth-order valence-corrected chi connectivity index (χ4v) is 4.02. The minimum Gasteiger partial charge on any atom is -0.497 e. The normalized spacial score (nSPS) is 11.1. The second kappa shape index (κ2) is 9.00. The quantitative estimate of drug-likeness (QED) is 0.239. The van der Waals surface area contributed by atoms with E-state index in [4.69, 9.17) is 4.74 Å². The molecule has 0 aliphatic heterocycles. The monoisotopic (exact) mass is 422 g/mol. The van der Waals surface area contributed by atoms with Crippen LogP contribution in [0.5, 0.6) is 5.75 Å². The van der Waals surface area contributed by atoms with Crippen molar-refractivity contribution in [3.63, 3.8) is 0 Å². The molecule has 0 aromatic heterocycles. The second-order valence-corrected chi connectivity index (χ2v) is 7.62. The summed E-state index contributed by atoms with van der Waals surface area (Å²) in [6.07, 6.45) is 1.69. The lowest BCUT2D eigenvalue weighted by Crippen LogP contribution is -2.33.